The van der Waals surface area contributed by atoms with Crippen LogP contribution >= 0.6 is 0 Å². The maximum absolute atomic E-state index is 13.1. The quantitative estimate of drug-likeness (QED) is 0.672. The number of carbonyl (C=O) groups is 2. The summed E-state index contributed by atoms with van der Waals surface area (Å²) in [6, 6.07) is 9.24. The van der Waals surface area contributed by atoms with E-state index in [0.717, 1.165) is 5.56 Å². The van der Waals surface area contributed by atoms with Gasteiger partial charge in [-0.05, 0) is 37.2 Å². The maximum atomic E-state index is 13.1. The van der Waals surface area contributed by atoms with Crippen molar-refractivity contribution in [3.8, 4) is 0 Å². The minimum Gasteiger partial charge on any atom is -0.445 e. The predicted molar refractivity (Wildman–Crippen MR) is 110 cm³/mol. The number of amides is 2. The van der Waals surface area contributed by atoms with Crippen molar-refractivity contribution in [2.75, 3.05) is 19.6 Å². The number of alkyl halides is 3. The summed E-state index contributed by atoms with van der Waals surface area (Å²) in [7, 11) is 0. The molecule has 0 aromatic heterocycles. The van der Waals surface area contributed by atoms with E-state index in [4.69, 9.17) is 4.74 Å². The van der Waals surface area contributed by atoms with Crippen LogP contribution in [0, 0.1) is 17.8 Å². The Morgan fingerprint density at radius 1 is 1.06 bits per heavy atom. The minimum atomic E-state index is -4.18. The monoisotopic (exact) mass is 440 g/mol. The number of hydrogen-bond acceptors (Lipinski definition) is 3. The van der Waals surface area contributed by atoms with Crippen molar-refractivity contribution in [1.82, 2.24) is 9.80 Å². The molecule has 1 saturated heterocycles. The van der Waals surface area contributed by atoms with Crippen LogP contribution in [0.3, 0.4) is 0 Å². The van der Waals surface area contributed by atoms with Gasteiger partial charge < -0.3 is 14.5 Å². The molecule has 0 radical (unpaired) electrons. The minimum absolute atomic E-state index is 0.0119. The summed E-state index contributed by atoms with van der Waals surface area (Å²) in [5, 5.41) is 0. The molecule has 1 atom stereocenters. The molecule has 2 aliphatic rings. The first-order chi connectivity index (χ1) is 14.7. The predicted octanol–water partition coefficient (Wildman–Crippen LogP) is 4.86. The van der Waals surface area contributed by atoms with Gasteiger partial charge in [-0.1, -0.05) is 44.2 Å². The topological polar surface area (TPSA) is 49.9 Å². The Labute approximate surface area is 181 Å². The molecule has 0 unspecified atom stereocenters. The summed E-state index contributed by atoms with van der Waals surface area (Å²) in [5.41, 5.74) is 0.902. The molecule has 0 bridgehead atoms. The van der Waals surface area contributed by atoms with Crippen molar-refractivity contribution in [2.45, 2.75) is 58.4 Å². The molecule has 1 aromatic rings. The van der Waals surface area contributed by atoms with Gasteiger partial charge in [0.1, 0.15) is 6.61 Å². The van der Waals surface area contributed by atoms with Crippen LogP contribution in [0.4, 0.5) is 18.0 Å². The highest BCUT2D eigenvalue weighted by Crippen LogP contribution is 2.40. The van der Waals surface area contributed by atoms with Crippen LogP contribution < -0.4 is 0 Å². The molecule has 1 heterocycles. The molecule has 1 aliphatic carbocycles. The molecule has 3 rings (SSSR count). The molecule has 172 valence electrons. The lowest BCUT2D eigenvalue weighted by Gasteiger charge is -2.44. The van der Waals surface area contributed by atoms with Gasteiger partial charge in [0.25, 0.3) is 0 Å². The van der Waals surface area contributed by atoms with E-state index in [9.17, 15) is 22.8 Å². The van der Waals surface area contributed by atoms with Gasteiger partial charge >= 0.3 is 12.3 Å². The van der Waals surface area contributed by atoms with E-state index in [-0.39, 0.29) is 56.1 Å². The van der Waals surface area contributed by atoms with Crippen LogP contribution in [-0.4, -0.2) is 53.7 Å². The van der Waals surface area contributed by atoms with E-state index in [1.54, 1.807) is 9.80 Å². The van der Waals surface area contributed by atoms with E-state index in [0.29, 0.717) is 19.6 Å². The first kappa shape index (κ1) is 23.4. The van der Waals surface area contributed by atoms with E-state index in [1.807, 2.05) is 44.2 Å². The fourth-order valence-corrected chi connectivity index (χ4v) is 4.53. The largest absolute Gasteiger partial charge is 0.445 e. The lowest BCUT2D eigenvalue weighted by atomic mass is 9.80. The Kier molecular flexibility index (Phi) is 7.49. The third-order valence-electron chi connectivity index (χ3n) is 6.47. The maximum Gasteiger partial charge on any atom is 0.410 e. The van der Waals surface area contributed by atoms with Gasteiger partial charge in [-0.2, -0.15) is 13.2 Å². The molecule has 2 amide bonds. The highest BCUT2D eigenvalue weighted by atomic mass is 19.4. The van der Waals surface area contributed by atoms with Crippen LogP contribution in [0.25, 0.3) is 0 Å². The Morgan fingerprint density at radius 2 is 1.71 bits per heavy atom. The second kappa shape index (κ2) is 9.92. The molecule has 1 aromatic carbocycles. The van der Waals surface area contributed by atoms with Crippen LogP contribution in [0.1, 0.15) is 45.1 Å². The zero-order valence-electron chi connectivity index (χ0n) is 18.1. The van der Waals surface area contributed by atoms with Crippen molar-refractivity contribution in [1.29, 1.82) is 0 Å². The number of piperazine rings is 1. The number of ether oxygens (including phenoxy) is 1. The Bertz CT molecular complexity index is 746. The Balaban J connectivity index is 1.56. The van der Waals surface area contributed by atoms with Crippen LogP contribution in [0.5, 0.6) is 0 Å². The molecule has 5 nitrogen and oxygen atoms in total. The molecule has 1 aliphatic heterocycles. The van der Waals surface area contributed by atoms with Crippen LogP contribution in [0.2, 0.25) is 0 Å². The van der Waals surface area contributed by atoms with E-state index >= 15 is 0 Å². The summed E-state index contributed by atoms with van der Waals surface area (Å²) in [6.07, 6.45) is -4.02. The smallest absolute Gasteiger partial charge is 0.410 e. The van der Waals surface area contributed by atoms with Gasteiger partial charge in [0.2, 0.25) is 5.91 Å². The fraction of sp³-hybridized carbons (Fsp3) is 0.652. The molecule has 31 heavy (non-hydrogen) atoms. The highest BCUT2D eigenvalue weighted by Gasteiger charge is 2.44. The number of nitrogens with zero attached hydrogens (tertiary/aromatic N) is 2. The molecule has 2 fully saturated rings. The average Bonchev–Trinajstić information content (AvgIpc) is 2.76. The highest BCUT2D eigenvalue weighted by molar-refractivity contribution is 5.80. The summed E-state index contributed by atoms with van der Waals surface area (Å²) < 4.78 is 44.2. The lowest BCUT2D eigenvalue weighted by Crippen LogP contribution is -2.59. The molecule has 8 heteroatoms. The number of benzene rings is 1. The van der Waals surface area contributed by atoms with Crippen molar-refractivity contribution in [2.24, 2.45) is 17.8 Å². The van der Waals surface area contributed by atoms with E-state index < -0.39 is 18.2 Å². The van der Waals surface area contributed by atoms with Gasteiger partial charge in [-0.25, -0.2) is 4.79 Å². The average molecular weight is 441 g/mol. The molecular formula is C23H31F3N2O3. The first-order valence-corrected chi connectivity index (χ1v) is 11.0. The van der Waals surface area contributed by atoms with Crippen molar-refractivity contribution in [3.05, 3.63) is 35.9 Å². The zero-order chi connectivity index (χ0) is 22.6. The second-order valence-electron chi connectivity index (χ2n) is 8.92. The summed E-state index contributed by atoms with van der Waals surface area (Å²) in [4.78, 5) is 29.1. The van der Waals surface area contributed by atoms with E-state index in [1.165, 1.54) is 0 Å². The van der Waals surface area contributed by atoms with E-state index in [2.05, 4.69) is 0 Å². The normalized spacial score (nSPS) is 24.9. The summed E-state index contributed by atoms with van der Waals surface area (Å²) >= 11 is 0. The molecule has 1 saturated carbocycles. The second-order valence-corrected chi connectivity index (χ2v) is 8.92. The Morgan fingerprint density at radius 3 is 2.29 bits per heavy atom. The zero-order valence-corrected chi connectivity index (χ0v) is 18.1. The fourth-order valence-electron chi connectivity index (χ4n) is 4.53. The number of carbonyl (C=O) groups excluding carboxylic acids is 2. The molecule has 0 N–H and O–H groups in total. The first-order valence-electron chi connectivity index (χ1n) is 11.0. The third-order valence-corrected chi connectivity index (χ3v) is 6.47. The van der Waals surface area contributed by atoms with Gasteiger partial charge in [-0.3, -0.25) is 4.79 Å². The van der Waals surface area contributed by atoms with Gasteiger partial charge in [0, 0.05) is 25.6 Å². The summed E-state index contributed by atoms with van der Waals surface area (Å²) in [5.74, 6) is -1.62. The van der Waals surface area contributed by atoms with Crippen molar-refractivity contribution >= 4 is 12.0 Å². The van der Waals surface area contributed by atoms with Crippen LogP contribution in [0.15, 0.2) is 30.3 Å². The van der Waals surface area contributed by atoms with Gasteiger partial charge in [0.05, 0.1) is 12.0 Å². The van der Waals surface area contributed by atoms with Crippen molar-refractivity contribution < 1.29 is 27.5 Å². The third kappa shape index (κ3) is 5.92. The SMILES string of the molecule is CC(C)[C@H]1CN(C(=O)OCc2ccccc2)CCN1C(=O)C1CCC(C(F)(F)F)CC1. The number of rotatable bonds is 4. The lowest BCUT2D eigenvalue weighted by molar-refractivity contribution is -0.185. The summed E-state index contributed by atoms with van der Waals surface area (Å²) in [6.45, 7) is 5.28. The standard InChI is InChI=1S/C23H31F3N2O3/c1-16(2)20-14-27(22(30)31-15-17-6-4-3-5-7-17)12-13-28(20)21(29)18-8-10-19(11-9-18)23(24,25)26/h3-7,16,18-20H,8-15H2,1-2H3/t18?,19?,20-/m1/s1. The van der Waals surface area contributed by atoms with Gasteiger partial charge in [0.15, 0.2) is 0 Å². The number of hydrogen-bond donors (Lipinski definition) is 0. The molecule has 0 spiro atoms. The Hall–Kier alpha value is -2.25. The van der Waals surface area contributed by atoms with Crippen molar-refractivity contribution in [3.63, 3.8) is 0 Å². The number of halogens is 3. The molecular weight excluding hydrogens is 409 g/mol. The van der Waals surface area contributed by atoms with Gasteiger partial charge in [-0.15, -0.1) is 0 Å². The van der Waals surface area contributed by atoms with Crippen LogP contribution in [-0.2, 0) is 16.1 Å².